The summed E-state index contributed by atoms with van der Waals surface area (Å²) in [6.45, 7) is 8.00. The standard InChI is InChI=1S/C13H21NO6/c1-12(2)13(16)20-10-9-19-8-7-18-6-5-17-4-3-14-11-15/h1,3-10H2,2H3. The summed E-state index contributed by atoms with van der Waals surface area (Å²) in [5.41, 5.74) is 0.368. The first-order valence-corrected chi connectivity index (χ1v) is 6.28. The molecule has 114 valence electrons. The van der Waals surface area contributed by atoms with Crippen molar-refractivity contribution >= 4 is 12.0 Å². The van der Waals surface area contributed by atoms with Crippen LogP contribution < -0.4 is 0 Å². The normalized spacial score (nSPS) is 9.85. The number of hydrogen-bond donors (Lipinski definition) is 0. The summed E-state index contributed by atoms with van der Waals surface area (Å²) in [7, 11) is 0. The molecule has 0 saturated heterocycles. The number of esters is 1. The minimum Gasteiger partial charge on any atom is -0.460 e. The summed E-state index contributed by atoms with van der Waals surface area (Å²) < 4.78 is 20.4. The Morgan fingerprint density at radius 2 is 1.50 bits per heavy atom. The molecule has 0 fully saturated rings. The number of rotatable bonds is 13. The fraction of sp³-hybridized carbons (Fsp3) is 0.692. The van der Waals surface area contributed by atoms with E-state index in [1.807, 2.05) is 0 Å². The highest BCUT2D eigenvalue weighted by Crippen LogP contribution is 1.91. The van der Waals surface area contributed by atoms with Gasteiger partial charge in [0, 0.05) is 5.57 Å². The number of ether oxygens (including phenoxy) is 4. The van der Waals surface area contributed by atoms with E-state index in [9.17, 15) is 9.59 Å². The summed E-state index contributed by atoms with van der Waals surface area (Å²) in [5, 5.41) is 0. The Bertz CT molecular complexity index is 325. The Morgan fingerprint density at radius 1 is 1.00 bits per heavy atom. The van der Waals surface area contributed by atoms with Gasteiger partial charge < -0.3 is 18.9 Å². The molecular formula is C13H21NO6. The zero-order valence-corrected chi connectivity index (χ0v) is 11.8. The van der Waals surface area contributed by atoms with Gasteiger partial charge >= 0.3 is 5.97 Å². The molecule has 0 heterocycles. The number of carbonyl (C=O) groups excluding carboxylic acids is 2. The fourth-order valence-corrected chi connectivity index (χ4v) is 1.01. The van der Waals surface area contributed by atoms with E-state index in [2.05, 4.69) is 11.6 Å². The van der Waals surface area contributed by atoms with Crippen LogP contribution in [0.2, 0.25) is 0 Å². The van der Waals surface area contributed by atoms with Crippen LogP contribution in [0.4, 0.5) is 0 Å². The largest absolute Gasteiger partial charge is 0.460 e. The molecule has 0 atom stereocenters. The van der Waals surface area contributed by atoms with E-state index in [4.69, 9.17) is 18.9 Å². The molecule has 7 heteroatoms. The van der Waals surface area contributed by atoms with Crippen molar-refractivity contribution in [2.24, 2.45) is 4.99 Å². The number of hydrogen-bond acceptors (Lipinski definition) is 7. The monoisotopic (exact) mass is 287 g/mol. The number of nitrogens with zero attached hydrogens (tertiary/aromatic N) is 1. The zero-order valence-electron chi connectivity index (χ0n) is 11.8. The number of carbonyl (C=O) groups is 1. The summed E-state index contributed by atoms with van der Waals surface area (Å²) in [5.74, 6) is -0.416. The van der Waals surface area contributed by atoms with Crippen LogP contribution in [-0.2, 0) is 28.5 Å². The summed E-state index contributed by atoms with van der Waals surface area (Å²) >= 11 is 0. The Hall–Kier alpha value is -1.53. The molecule has 0 aromatic carbocycles. The maximum atomic E-state index is 11.0. The SMILES string of the molecule is C=C(C)C(=O)OCCOCCOCCOCCN=C=O. The van der Waals surface area contributed by atoms with Gasteiger partial charge in [-0.1, -0.05) is 6.58 Å². The highest BCUT2D eigenvalue weighted by molar-refractivity contribution is 5.86. The van der Waals surface area contributed by atoms with Crippen LogP contribution in [0.25, 0.3) is 0 Å². The van der Waals surface area contributed by atoms with Gasteiger partial charge in [0.15, 0.2) is 0 Å². The Morgan fingerprint density at radius 3 is 2.00 bits per heavy atom. The lowest BCUT2D eigenvalue weighted by atomic mass is 10.4. The third kappa shape index (κ3) is 12.9. The maximum Gasteiger partial charge on any atom is 0.333 e. The van der Waals surface area contributed by atoms with Gasteiger partial charge in [-0.05, 0) is 6.92 Å². The topological polar surface area (TPSA) is 83.4 Å². The summed E-state index contributed by atoms with van der Waals surface area (Å²) in [4.78, 5) is 24.1. The van der Waals surface area contributed by atoms with Crippen LogP contribution >= 0.6 is 0 Å². The van der Waals surface area contributed by atoms with Gasteiger partial charge in [0.25, 0.3) is 0 Å². The van der Waals surface area contributed by atoms with Gasteiger partial charge in [0.2, 0.25) is 6.08 Å². The first kappa shape index (κ1) is 18.5. The van der Waals surface area contributed by atoms with Gasteiger partial charge in [-0.3, -0.25) is 0 Å². The quantitative estimate of drug-likeness (QED) is 0.161. The van der Waals surface area contributed by atoms with Crippen LogP contribution in [0.3, 0.4) is 0 Å². The molecule has 0 aliphatic heterocycles. The molecule has 7 nitrogen and oxygen atoms in total. The van der Waals surface area contributed by atoms with Gasteiger partial charge in [-0.2, -0.15) is 0 Å². The van der Waals surface area contributed by atoms with Crippen molar-refractivity contribution in [1.82, 2.24) is 0 Å². The van der Waals surface area contributed by atoms with Crippen molar-refractivity contribution in [2.45, 2.75) is 6.92 Å². The molecule has 0 amide bonds. The first-order chi connectivity index (χ1) is 9.68. The van der Waals surface area contributed by atoms with E-state index in [0.29, 0.717) is 51.8 Å². The van der Waals surface area contributed by atoms with E-state index in [-0.39, 0.29) is 6.61 Å². The van der Waals surface area contributed by atoms with Gasteiger partial charge in [-0.15, -0.1) is 0 Å². The smallest absolute Gasteiger partial charge is 0.333 e. The van der Waals surface area contributed by atoms with E-state index >= 15 is 0 Å². The predicted molar refractivity (Wildman–Crippen MR) is 71.2 cm³/mol. The second kappa shape index (κ2) is 13.9. The number of aliphatic imine (C=N–C) groups is 1. The van der Waals surface area contributed by atoms with E-state index in [0.717, 1.165) is 0 Å². The predicted octanol–water partition coefficient (Wildman–Crippen LogP) is 0.491. The lowest BCUT2D eigenvalue weighted by Gasteiger charge is -2.07. The van der Waals surface area contributed by atoms with Crippen molar-refractivity contribution < 1.29 is 28.5 Å². The van der Waals surface area contributed by atoms with Crippen LogP contribution in [0.5, 0.6) is 0 Å². The summed E-state index contributed by atoms with van der Waals surface area (Å²) in [6.07, 6.45) is 1.43. The van der Waals surface area contributed by atoms with Crippen LogP contribution in [-0.4, -0.2) is 64.8 Å². The third-order valence-corrected chi connectivity index (χ3v) is 1.97. The van der Waals surface area contributed by atoms with E-state index in [1.54, 1.807) is 6.92 Å². The van der Waals surface area contributed by atoms with Gasteiger partial charge in [-0.25, -0.2) is 14.6 Å². The van der Waals surface area contributed by atoms with Crippen molar-refractivity contribution in [2.75, 3.05) is 52.8 Å². The second-order valence-corrected chi connectivity index (χ2v) is 3.73. The molecule has 0 aromatic rings. The molecule has 0 radical (unpaired) electrons. The van der Waals surface area contributed by atoms with E-state index in [1.165, 1.54) is 6.08 Å². The lowest BCUT2D eigenvalue weighted by Crippen LogP contribution is -2.14. The van der Waals surface area contributed by atoms with Crippen molar-refractivity contribution in [3.63, 3.8) is 0 Å². The molecule has 0 aliphatic carbocycles. The first-order valence-electron chi connectivity index (χ1n) is 6.28. The molecule has 0 aromatic heterocycles. The van der Waals surface area contributed by atoms with E-state index < -0.39 is 5.97 Å². The van der Waals surface area contributed by atoms with Crippen molar-refractivity contribution in [3.8, 4) is 0 Å². The molecule has 0 unspecified atom stereocenters. The average Bonchev–Trinajstić information content (AvgIpc) is 2.43. The Balaban J connectivity index is 3.11. The van der Waals surface area contributed by atoms with Crippen LogP contribution in [0.1, 0.15) is 6.92 Å². The maximum absolute atomic E-state index is 11.0. The molecule has 0 N–H and O–H groups in total. The fourth-order valence-electron chi connectivity index (χ4n) is 1.01. The minimum atomic E-state index is -0.416. The summed E-state index contributed by atoms with van der Waals surface area (Å²) in [6, 6.07) is 0. The van der Waals surface area contributed by atoms with Crippen LogP contribution in [0.15, 0.2) is 17.1 Å². The van der Waals surface area contributed by atoms with Crippen molar-refractivity contribution in [3.05, 3.63) is 12.2 Å². The Labute approximate surface area is 118 Å². The molecule has 20 heavy (non-hydrogen) atoms. The molecule has 0 aliphatic rings. The average molecular weight is 287 g/mol. The van der Waals surface area contributed by atoms with Gasteiger partial charge in [0.05, 0.1) is 46.2 Å². The van der Waals surface area contributed by atoms with Crippen LogP contribution in [0, 0.1) is 0 Å². The van der Waals surface area contributed by atoms with Crippen molar-refractivity contribution in [1.29, 1.82) is 0 Å². The molecule has 0 spiro atoms. The highest BCUT2D eigenvalue weighted by Gasteiger charge is 2.01. The molecule has 0 rings (SSSR count). The van der Waals surface area contributed by atoms with Gasteiger partial charge in [0.1, 0.15) is 6.61 Å². The number of isocyanates is 1. The third-order valence-electron chi connectivity index (χ3n) is 1.97. The lowest BCUT2D eigenvalue weighted by molar-refractivity contribution is -0.140. The molecule has 0 bridgehead atoms. The minimum absolute atomic E-state index is 0.200. The highest BCUT2D eigenvalue weighted by atomic mass is 16.6. The zero-order chi connectivity index (χ0) is 15.1. The Kier molecular flexibility index (Phi) is 12.8. The molecule has 0 saturated carbocycles. The second-order valence-electron chi connectivity index (χ2n) is 3.73. The molecular weight excluding hydrogens is 266 g/mol.